The lowest BCUT2D eigenvalue weighted by molar-refractivity contribution is -0.144. The van der Waals surface area contributed by atoms with Crippen molar-refractivity contribution in [1.82, 2.24) is 4.98 Å². The number of pyridine rings is 1. The van der Waals surface area contributed by atoms with Gasteiger partial charge >= 0.3 is 5.97 Å². The van der Waals surface area contributed by atoms with E-state index in [4.69, 9.17) is 9.84 Å². The van der Waals surface area contributed by atoms with Gasteiger partial charge in [-0.3, -0.25) is 0 Å². The van der Waals surface area contributed by atoms with Crippen LogP contribution in [0.15, 0.2) is 18.3 Å². The smallest absolute Gasteiger partial charge is 0.346 e. The summed E-state index contributed by atoms with van der Waals surface area (Å²) < 4.78 is 5.17. The van der Waals surface area contributed by atoms with Crippen molar-refractivity contribution in [3.63, 3.8) is 0 Å². The Labute approximate surface area is 74.4 Å². The predicted octanol–water partition coefficient (Wildman–Crippen LogP) is 0.339. The molecule has 1 aliphatic rings. The molecule has 0 amide bonds. The van der Waals surface area contributed by atoms with E-state index in [2.05, 4.69) is 10.3 Å². The van der Waals surface area contributed by atoms with Crippen LogP contribution < -0.4 is 10.1 Å². The number of carboxylic acid groups (broad SMARTS) is 1. The second-order valence-corrected chi connectivity index (χ2v) is 2.68. The van der Waals surface area contributed by atoms with Crippen LogP contribution in [-0.4, -0.2) is 28.7 Å². The van der Waals surface area contributed by atoms with Gasteiger partial charge in [0.1, 0.15) is 0 Å². The number of carboxylic acids is 1. The number of aromatic nitrogens is 1. The molecule has 0 fully saturated rings. The van der Waals surface area contributed by atoms with E-state index in [-0.39, 0.29) is 6.54 Å². The molecule has 0 saturated carbocycles. The zero-order valence-electron chi connectivity index (χ0n) is 6.73. The van der Waals surface area contributed by atoms with Gasteiger partial charge in [-0.15, -0.1) is 0 Å². The van der Waals surface area contributed by atoms with Crippen LogP contribution in [0.1, 0.15) is 0 Å². The molecular formula is C8H8N2O3. The van der Waals surface area contributed by atoms with Crippen LogP contribution in [0.5, 0.6) is 5.75 Å². The quantitative estimate of drug-likeness (QED) is 0.652. The third-order valence-electron chi connectivity index (χ3n) is 1.77. The summed E-state index contributed by atoms with van der Waals surface area (Å²) in [7, 11) is 0. The Hall–Kier alpha value is -1.78. The van der Waals surface area contributed by atoms with Gasteiger partial charge in [-0.05, 0) is 12.1 Å². The molecular weight excluding hydrogens is 172 g/mol. The van der Waals surface area contributed by atoms with Gasteiger partial charge in [-0.2, -0.15) is 0 Å². The topological polar surface area (TPSA) is 71.5 Å². The summed E-state index contributed by atoms with van der Waals surface area (Å²) in [5.41, 5.74) is 0. The SMILES string of the molecule is O=C(O)[C@H]1CNc2ncccc2O1. The minimum Gasteiger partial charge on any atom is -0.478 e. The maximum absolute atomic E-state index is 10.6. The first kappa shape index (κ1) is 7.85. The molecule has 0 aliphatic carbocycles. The Morgan fingerprint density at radius 3 is 3.38 bits per heavy atom. The van der Waals surface area contributed by atoms with E-state index >= 15 is 0 Å². The zero-order chi connectivity index (χ0) is 9.26. The number of ether oxygens (including phenoxy) is 1. The molecule has 5 heteroatoms. The van der Waals surface area contributed by atoms with Crippen molar-refractivity contribution in [3.05, 3.63) is 18.3 Å². The number of nitrogens with zero attached hydrogens (tertiary/aromatic N) is 1. The van der Waals surface area contributed by atoms with E-state index in [0.717, 1.165) is 0 Å². The molecule has 13 heavy (non-hydrogen) atoms. The molecule has 0 bridgehead atoms. The average molecular weight is 180 g/mol. The molecule has 1 atom stereocenters. The van der Waals surface area contributed by atoms with E-state index in [0.29, 0.717) is 11.6 Å². The van der Waals surface area contributed by atoms with Crippen LogP contribution in [0.25, 0.3) is 0 Å². The van der Waals surface area contributed by atoms with Gasteiger partial charge in [0, 0.05) is 6.20 Å². The standard InChI is InChI=1S/C8H8N2O3/c11-8(12)6-4-10-7-5(13-6)2-1-3-9-7/h1-3,6H,4H2,(H,9,10)(H,11,12)/t6-/m1/s1. The molecule has 1 aromatic rings. The third kappa shape index (κ3) is 1.40. The highest BCUT2D eigenvalue weighted by molar-refractivity contribution is 5.75. The van der Waals surface area contributed by atoms with Gasteiger partial charge in [-0.25, -0.2) is 9.78 Å². The minimum absolute atomic E-state index is 0.249. The molecule has 0 radical (unpaired) electrons. The number of fused-ring (bicyclic) bond motifs is 1. The summed E-state index contributed by atoms with van der Waals surface area (Å²) in [4.78, 5) is 14.6. The lowest BCUT2D eigenvalue weighted by atomic mass is 10.3. The third-order valence-corrected chi connectivity index (χ3v) is 1.77. The largest absolute Gasteiger partial charge is 0.478 e. The summed E-state index contributed by atoms with van der Waals surface area (Å²) in [5, 5.41) is 11.6. The van der Waals surface area contributed by atoms with Gasteiger partial charge < -0.3 is 15.2 Å². The number of carbonyl (C=O) groups is 1. The van der Waals surface area contributed by atoms with Crippen molar-refractivity contribution in [3.8, 4) is 5.75 Å². The average Bonchev–Trinajstić information content (AvgIpc) is 2.17. The summed E-state index contributed by atoms with van der Waals surface area (Å²) in [6, 6.07) is 3.38. The van der Waals surface area contributed by atoms with Gasteiger partial charge in [0.2, 0.25) is 6.10 Å². The lowest BCUT2D eigenvalue weighted by Crippen LogP contribution is -2.37. The molecule has 1 aliphatic heterocycles. The van der Waals surface area contributed by atoms with Crippen LogP contribution in [0.2, 0.25) is 0 Å². The molecule has 0 saturated heterocycles. The Kier molecular flexibility index (Phi) is 1.77. The Morgan fingerprint density at radius 2 is 2.62 bits per heavy atom. The highest BCUT2D eigenvalue weighted by Gasteiger charge is 2.25. The van der Waals surface area contributed by atoms with Crippen molar-refractivity contribution in [2.24, 2.45) is 0 Å². The zero-order valence-corrected chi connectivity index (χ0v) is 6.73. The predicted molar refractivity (Wildman–Crippen MR) is 44.8 cm³/mol. The van der Waals surface area contributed by atoms with E-state index in [1.54, 1.807) is 18.3 Å². The highest BCUT2D eigenvalue weighted by atomic mass is 16.5. The van der Waals surface area contributed by atoms with Crippen molar-refractivity contribution < 1.29 is 14.6 Å². The number of aliphatic carboxylic acids is 1. The first-order valence-corrected chi connectivity index (χ1v) is 3.86. The molecule has 68 valence electrons. The number of anilines is 1. The maximum atomic E-state index is 10.6. The second kappa shape index (κ2) is 2.93. The minimum atomic E-state index is -0.970. The Balaban J connectivity index is 2.24. The fourth-order valence-corrected chi connectivity index (χ4v) is 1.14. The van der Waals surface area contributed by atoms with E-state index < -0.39 is 12.1 Å². The van der Waals surface area contributed by atoms with Crippen LogP contribution in [-0.2, 0) is 4.79 Å². The summed E-state index contributed by atoms with van der Waals surface area (Å²) in [5.74, 6) is 0.114. The summed E-state index contributed by atoms with van der Waals surface area (Å²) in [6.45, 7) is 0.249. The molecule has 2 heterocycles. The molecule has 1 aromatic heterocycles. The van der Waals surface area contributed by atoms with Gasteiger partial charge in [0.05, 0.1) is 6.54 Å². The molecule has 0 spiro atoms. The van der Waals surface area contributed by atoms with Crippen molar-refractivity contribution in [1.29, 1.82) is 0 Å². The number of rotatable bonds is 1. The molecule has 2 N–H and O–H groups in total. The first-order chi connectivity index (χ1) is 6.27. The van der Waals surface area contributed by atoms with E-state index in [1.165, 1.54) is 0 Å². The summed E-state index contributed by atoms with van der Waals surface area (Å²) in [6.07, 6.45) is 0.799. The molecule has 0 aromatic carbocycles. The van der Waals surface area contributed by atoms with E-state index in [9.17, 15) is 4.79 Å². The fourth-order valence-electron chi connectivity index (χ4n) is 1.14. The van der Waals surface area contributed by atoms with Gasteiger partial charge in [0.25, 0.3) is 0 Å². The van der Waals surface area contributed by atoms with Crippen molar-refractivity contribution in [2.75, 3.05) is 11.9 Å². The van der Waals surface area contributed by atoms with E-state index in [1.807, 2.05) is 0 Å². The Morgan fingerprint density at radius 1 is 1.77 bits per heavy atom. The van der Waals surface area contributed by atoms with Crippen LogP contribution in [0, 0.1) is 0 Å². The highest BCUT2D eigenvalue weighted by Crippen LogP contribution is 2.25. The maximum Gasteiger partial charge on any atom is 0.346 e. The summed E-state index contributed by atoms with van der Waals surface area (Å²) >= 11 is 0. The number of hydrogen-bond acceptors (Lipinski definition) is 4. The normalized spacial score (nSPS) is 19.5. The van der Waals surface area contributed by atoms with Gasteiger partial charge in [-0.1, -0.05) is 0 Å². The molecule has 0 unspecified atom stereocenters. The Bertz CT molecular complexity index is 340. The molecule has 2 rings (SSSR count). The van der Waals surface area contributed by atoms with Crippen molar-refractivity contribution >= 4 is 11.8 Å². The van der Waals surface area contributed by atoms with Crippen LogP contribution in [0.4, 0.5) is 5.82 Å². The second-order valence-electron chi connectivity index (χ2n) is 2.68. The number of nitrogens with one attached hydrogen (secondary N) is 1. The van der Waals surface area contributed by atoms with Crippen LogP contribution in [0.3, 0.4) is 0 Å². The van der Waals surface area contributed by atoms with Gasteiger partial charge in [0.15, 0.2) is 11.6 Å². The van der Waals surface area contributed by atoms with Crippen molar-refractivity contribution in [2.45, 2.75) is 6.10 Å². The lowest BCUT2D eigenvalue weighted by Gasteiger charge is -2.23. The monoisotopic (exact) mass is 180 g/mol. The fraction of sp³-hybridized carbons (Fsp3) is 0.250. The molecule has 5 nitrogen and oxygen atoms in total. The number of hydrogen-bond donors (Lipinski definition) is 2. The first-order valence-electron chi connectivity index (χ1n) is 3.86. The van der Waals surface area contributed by atoms with Crippen LogP contribution >= 0.6 is 0 Å².